The van der Waals surface area contributed by atoms with Crippen LogP contribution in [0.4, 0.5) is 5.69 Å². The van der Waals surface area contributed by atoms with E-state index in [0.29, 0.717) is 22.8 Å². The van der Waals surface area contributed by atoms with Crippen LogP contribution < -0.4 is 10.1 Å². The number of carbonyl (C=O) groups excluding carboxylic acids is 3. The highest BCUT2D eigenvalue weighted by Crippen LogP contribution is 2.28. The van der Waals surface area contributed by atoms with E-state index in [4.69, 9.17) is 14.4 Å². The van der Waals surface area contributed by atoms with Gasteiger partial charge in [-0.3, -0.25) is 19.3 Å². The summed E-state index contributed by atoms with van der Waals surface area (Å²) in [5.41, 5.74) is 1.25. The number of imide groups is 1. The van der Waals surface area contributed by atoms with Gasteiger partial charge in [-0.05, 0) is 48.5 Å². The number of carbonyl (C=O) groups is 3. The highest BCUT2D eigenvalue weighted by molar-refractivity contribution is 6.22. The highest BCUT2D eigenvalue weighted by Gasteiger charge is 2.36. The van der Waals surface area contributed by atoms with E-state index in [2.05, 4.69) is 5.32 Å². The van der Waals surface area contributed by atoms with E-state index in [9.17, 15) is 14.4 Å². The fraction of sp³-hybridized carbons (Fsp3) is 0.0909. The van der Waals surface area contributed by atoms with E-state index in [1.54, 1.807) is 24.3 Å². The summed E-state index contributed by atoms with van der Waals surface area (Å²) in [5.74, 6) is -0.575. The first-order valence-electron chi connectivity index (χ1n) is 8.94. The zero-order valence-electron chi connectivity index (χ0n) is 15.8. The predicted molar refractivity (Wildman–Crippen MR) is 105 cm³/mol. The third kappa shape index (κ3) is 3.29. The van der Waals surface area contributed by atoms with Crippen LogP contribution >= 0.6 is 0 Å². The molecule has 1 aliphatic heterocycles. The van der Waals surface area contributed by atoms with Crippen molar-refractivity contribution in [3.63, 3.8) is 0 Å². The SMILES string of the molecule is COc1ccc(C#N)cc1NC(=O)c1ccc2c(c1)C(=O)N(Cc1ccco1)C2=O. The molecule has 0 saturated carbocycles. The zero-order valence-corrected chi connectivity index (χ0v) is 15.8. The van der Waals surface area contributed by atoms with E-state index in [1.807, 2.05) is 6.07 Å². The minimum atomic E-state index is -0.504. The van der Waals surface area contributed by atoms with Crippen molar-refractivity contribution in [2.45, 2.75) is 6.54 Å². The number of furan rings is 1. The lowest BCUT2D eigenvalue weighted by Gasteiger charge is -2.11. The van der Waals surface area contributed by atoms with Crippen LogP contribution in [0.2, 0.25) is 0 Å². The van der Waals surface area contributed by atoms with Gasteiger partial charge in [0.15, 0.2) is 0 Å². The lowest BCUT2D eigenvalue weighted by molar-refractivity contribution is 0.0631. The Balaban J connectivity index is 1.59. The molecular formula is C22H15N3O5. The molecule has 4 rings (SSSR count). The maximum absolute atomic E-state index is 12.7. The third-order valence-corrected chi connectivity index (χ3v) is 4.70. The maximum atomic E-state index is 12.7. The summed E-state index contributed by atoms with van der Waals surface area (Å²) < 4.78 is 10.4. The van der Waals surface area contributed by atoms with Gasteiger partial charge >= 0.3 is 0 Å². The van der Waals surface area contributed by atoms with E-state index in [0.717, 1.165) is 4.90 Å². The topological polar surface area (TPSA) is 113 Å². The van der Waals surface area contributed by atoms with E-state index >= 15 is 0 Å². The number of ether oxygens (including phenoxy) is 1. The first-order valence-corrected chi connectivity index (χ1v) is 8.94. The number of hydrogen-bond acceptors (Lipinski definition) is 6. The Bertz CT molecular complexity index is 1210. The molecule has 0 spiro atoms. The molecule has 2 heterocycles. The third-order valence-electron chi connectivity index (χ3n) is 4.70. The molecule has 3 aromatic rings. The molecule has 2 aromatic carbocycles. The number of rotatable bonds is 5. The Morgan fingerprint density at radius 1 is 1.13 bits per heavy atom. The quantitative estimate of drug-likeness (QED) is 0.657. The molecule has 8 nitrogen and oxygen atoms in total. The fourth-order valence-electron chi connectivity index (χ4n) is 3.20. The van der Waals surface area contributed by atoms with Crippen LogP contribution in [-0.2, 0) is 6.54 Å². The number of nitrogens with one attached hydrogen (secondary N) is 1. The molecule has 148 valence electrons. The number of hydrogen-bond donors (Lipinski definition) is 1. The lowest BCUT2D eigenvalue weighted by atomic mass is 10.1. The summed E-state index contributed by atoms with van der Waals surface area (Å²) in [6.07, 6.45) is 1.46. The van der Waals surface area contributed by atoms with Crippen molar-refractivity contribution >= 4 is 23.4 Å². The van der Waals surface area contributed by atoms with Gasteiger partial charge in [0.1, 0.15) is 11.5 Å². The van der Waals surface area contributed by atoms with Crippen molar-refractivity contribution in [2.75, 3.05) is 12.4 Å². The first-order chi connectivity index (χ1) is 14.5. The number of methoxy groups -OCH3 is 1. The summed E-state index contributed by atoms with van der Waals surface area (Å²) >= 11 is 0. The molecule has 0 atom stereocenters. The van der Waals surface area contributed by atoms with Crippen molar-refractivity contribution in [1.82, 2.24) is 4.90 Å². The summed E-state index contributed by atoms with van der Waals surface area (Å²) in [4.78, 5) is 39.1. The normalized spacial score (nSPS) is 12.5. The summed E-state index contributed by atoms with van der Waals surface area (Å²) in [6, 6.07) is 14.3. The fourth-order valence-corrected chi connectivity index (χ4v) is 3.20. The Labute approximate surface area is 171 Å². The molecule has 8 heteroatoms. The molecule has 1 aromatic heterocycles. The van der Waals surface area contributed by atoms with E-state index < -0.39 is 17.7 Å². The number of anilines is 1. The van der Waals surface area contributed by atoms with E-state index in [-0.39, 0.29) is 23.2 Å². The summed E-state index contributed by atoms with van der Waals surface area (Å²) in [7, 11) is 1.45. The summed E-state index contributed by atoms with van der Waals surface area (Å²) in [5, 5.41) is 11.7. The van der Waals surface area contributed by atoms with Crippen molar-refractivity contribution in [1.29, 1.82) is 5.26 Å². The van der Waals surface area contributed by atoms with Crippen LogP contribution in [0.1, 0.15) is 42.4 Å². The van der Waals surface area contributed by atoms with Crippen LogP contribution in [0.5, 0.6) is 5.75 Å². The van der Waals surface area contributed by atoms with Crippen LogP contribution in [-0.4, -0.2) is 29.7 Å². The molecule has 0 unspecified atom stereocenters. The van der Waals surface area contributed by atoms with Gasteiger partial charge in [0.05, 0.1) is 48.4 Å². The van der Waals surface area contributed by atoms with Gasteiger partial charge in [-0.2, -0.15) is 5.26 Å². The number of amides is 3. The van der Waals surface area contributed by atoms with Gasteiger partial charge in [0.2, 0.25) is 0 Å². The number of nitriles is 1. The smallest absolute Gasteiger partial charge is 0.261 e. The van der Waals surface area contributed by atoms with Crippen molar-refractivity contribution in [3.05, 3.63) is 82.8 Å². The van der Waals surface area contributed by atoms with Crippen LogP contribution in [0, 0.1) is 11.3 Å². The largest absolute Gasteiger partial charge is 0.495 e. The molecule has 0 radical (unpaired) electrons. The predicted octanol–water partition coefficient (Wildman–Crippen LogP) is 3.21. The van der Waals surface area contributed by atoms with Gasteiger partial charge in [-0.1, -0.05) is 0 Å². The minimum absolute atomic E-state index is 0.0129. The molecule has 0 aliphatic carbocycles. The average Bonchev–Trinajstić information content (AvgIpc) is 3.36. The van der Waals surface area contributed by atoms with Gasteiger partial charge in [-0.15, -0.1) is 0 Å². The monoisotopic (exact) mass is 401 g/mol. The van der Waals surface area contributed by atoms with Crippen LogP contribution in [0.15, 0.2) is 59.2 Å². The van der Waals surface area contributed by atoms with Gasteiger partial charge in [-0.25, -0.2) is 0 Å². The minimum Gasteiger partial charge on any atom is -0.495 e. The Morgan fingerprint density at radius 2 is 1.93 bits per heavy atom. The standard InChI is InChI=1S/C22H15N3O5/c1-29-19-7-4-13(11-23)9-18(19)24-20(26)14-5-6-16-17(10-14)22(28)25(21(16)27)12-15-3-2-8-30-15/h2-10H,12H2,1H3,(H,24,26). The second-order valence-corrected chi connectivity index (χ2v) is 6.52. The lowest BCUT2D eigenvalue weighted by Crippen LogP contribution is -2.28. The van der Waals surface area contributed by atoms with E-state index in [1.165, 1.54) is 37.6 Å². The molecule has 0 fully saturated rings. The van der Waals surface area contributed by atoms with Crippen molar-refractivity contribution in [3.8, 4) is 11.8 Å². The second-order valence-electron chi connectivity index (χ2n) is 6.52. The second kappa shape index (κ2) is 7.56. The van der Waals surface area contributed by atoms with Gasteiger partial charge in [0, 0.05) is 5.56 Å². The average molecular weight is 401 g/mol. The van der Waals surface area contributed by atoms with Crippen LogP contribution in [0.3, 0.4) is 0 Å². The van der Waals surface area contributed by atoms with Crippen molar-refractivity contribution < 1.29 is 23.5 Å². The number of benzene rings is 2. The highest BCUT2D eigenvalue weighted by atomic mass is 16.5. The summed E-state index contributed by atoms with van der Waals surface area (Å²) in [6.45, 7) is 0.0129. The van der Waals surface area contributed by atoms with Crippen molar-refractivity contribution in [2.24, 2.45) is 0 Å². The molecular weight excluding hydrogens is 386 g/mol. The number of nitrogens with zero attached hydrogens (tertiary/aromatic N) is 2. The molecule has 0 bridgehead atoms. The molecule has 30 heavy (non-hydrogen) atoms. The zero-order chi connectivity index (χ0) is 21.3. The Kier molecular flexibility index (Phi) is 4.78. The molecule has 0 saturated heterocycles. The molecule has 1 aliphatic rings. The molecule has 1 N–H and O–H groups in total. The first kappa shape index (κ1) is 19.0. The number of fused-ring (bicyclic) bond motifs is 1. The van der Waals surface area contributed by atoms with Gasteiger partial charge in [0.25, 0.3) is 17.7 Å². The maximum Gasteiger partial charge on any atom is 0.261 e. The molecule has 3 amide bonds. The van der Waals surface area contributed by atoms with Crippen LogP contribution in [0.25, 0.3) is 0 Å². The Morgan fingerprint density at radius 3 is 2.63 bits per heavy atom. The van der Waals surface area contributed by atoms with Gasteiger partial charge < -0.3 is 14.5 Å². The Hall–Kier alpha value is -4.38.